The second-order valence-electron chi connectivity index (χ2n) is 19.8. The highest BCUT2D eigenvalue weighted by atomic mass is 16.6. The Morgan fingerprint density at radius 1 is 0.507 bits per heavy atom. The van der Waals surface area contributed by atoms with E-state index in [0.717, 1.165) is 129 Å². The van der Waals surface area contributed by atoms with Crippen LogP contribution >= 0.6 is 0 Å². The van der Waals surface area contributed by atoms with E-state index in [0.29, 0.717) is 32.4 Å². The summed E-state index contributed by atoms with van der Waals surface area (Å²) in [5.41, 5.74) is -1.15. The molecule has 1 N–H and O–H groups in total. The maximum atomic E-state index is 13.9. The van der Waals surface area contributed by atoms with Gasteiger partial charge in [-0.3, -0.25) is 14.4 Å². The summed E-state index contributed by atoms with van der Waals surface area (Å²) >= 11 is 0. The summed E-state index contributed by atoms with van der Waals surface area (Å²) in [5.74, 6) is -1.67. The number of likely N-dealkylation sites (N-methyl/N-ethyl adjacent to an activating group) is 1. The molecule has 0 aliphatic heterocycles. The molecule has 0 bridgehead atoms. The van der Waals surface area contributed by atoms with Crippen LogP contribution in [0.3, 0.4) is 0 Å². The van der Waals surface area contributed by atoms with Gasteiger partial charge in [0, 0.05) is 25.9 Å². The van der Waals surface area contributed by atoms with E-state index in [9.17, 15) is 19.2 Å². The number of alkyl carbamates (subject to hydrolysis) is 1. The number of unbranched alkanes of at least 4 members (excludes halogenated alkanes) is 21. The Morgan fingerprint density at radius 2 is 0.899 bits per heavy atom. The van der Waals surface area contributed by atoms with E-state index >= 15 is 0 Å². The highest BCUT2D eigenvalue weighted by Gasteiger charge is 2.41. The number of hydrogen-bond acceptors (Lipinski definition) is 9. The molecule has 0 saturated carbocycles. The van der Waals surface area contributed by atoms with Gasteiger partial charge >= 0.3 is 24.0 Å². The average Bonchev–Trinajstić information content (AvgIpc) is 3.34. The molecule has 0 spiro atoms. The average molecular weight is 972 g/mol. The fourth-order valence-electron chi connectivity index (χ4n) is 7.74. The summed E-state index contributed by atoms with van der Waals surface area (Å²) in [6, 6.07) is 0. The van der Waals surface area contributed by atoms with Gasteiger partial charge in [0.25, 0.3) is 0 Å². The topological polar surface area (TPSA) is 120 Å². The SMILES string of the molecule is CCCCC/C=C\C/C=C\CCCCCCCC(=O)OCC(COC(=O)CCCCCCC/C=C\C/C=C\CCCCC)COC(=O)C(C)(C)C(CCCCCCCC)OC(=O)NCCN(C)CC. The quantitative estimate of drug-likeness (QED) is 0.0275. The Bertz CT molecular complexity index is 1300. The van der Waals surface area contributed by atoms with Crippen molar-refractivity contribution >= 4 is 24.0 Å². The van der Waals surface area contributed by atoms with Gasteiger partial charge in [0.05, 0.1) is 11.3 Å². The van der Waals surface area contributed by atoms with Crippen molar-refractivity contribution < 1.29 is 38.1 Å². The molecule has 0 radical (unpaired) electrons. The van der Waals surface area contributed by atoms with Crippen LogP contribution in [0.4, 0.5) is 4.79 Å². The van der Waals surface area contributed by atoms with Crippen molar-refractivity contribution in [3.8, 4) is 0 Å². The van der Waals surface area contributed by atoms with Crippen LogP contribution in [0.15, 0.2) is 48.6 Å². The summed E-state index contributed by atoms with van der Waals surface area (Å²) < 4.78 is 23.2. The van der Waals surface area contributed by atoms with Crippen molar-refractivity contribution in [3.63, 3.8) is 0 Å². The van der Waals surface area contributed by atoms with Crippen LogP contribution in [0.2, 0.25) is 0 Å². The van der Waals surface area contributed by atoms with E-state index in [4.69, 9.17) is 18.9 Å². The number of esters is 3. The van der Waals surface area contributed by atoms with Crippen LogP contribution in [-0.2, 0) is 33.3 Å². The maximum Gasteiger partial charge on any atom is 0.407 e. The minimum Gasteiger partial charge on any atom is -0.465 e. The minimum absolute atomic E-state index is 0.0317. The van der Waals surface area contributed by atoms with Crippen molar-refractivity contribution in [2.24, 2.45) is 11.3 Å². The molecule has 10 nitrogen and oxygen atoms in total. The van der Waals surface area contributed by atoms with Gasteiger partial charge in [-0.2, -0.15) is 0 Å². The largest absolute Gasteiger partial charge is 0.465 e. The molecular weight excluding hydrogens is 865 g/mol. The fourth-order valence-corrected chi connectivity index (χ4v) is 7.74. The van der Waals surface area contributed by atoms with Gasteiger partial charge in [-0.15, -0.1) is 0 Å². The first-order valence-corrected chi connectivity index (χ1v) is 28.2. The monoisotopic (exact) mass is 971 g/mol. The highest BCUT2D eigenvalue weighted by molar-refractivity contribution is 5.77. The molecule has 0 rings (SSSR count). The zero-order valence-electron chi connectivity index (χ0n) is 45.6. The molecule has 1 atom stereocenters. The third-order valence-corrected chi connectivity index (χ3v) is 12.8. The Morgan fingerprint density at radius 3 is 1.36 bits per heavy atom. The maximum absolute atomic E-state index is 13.9. The van der Waals surface area contributed by atoms with Crippen LogP contribution in [0.5, 0.6) is 0 Å². The molecule has 0 aromatic carbocycles. The number of carbonyl (C=O) groups excluding carboxylic acids is 4. The third kappa shape index (κ3) is 42.0. The summed E-state index contributed by atoms with van der Waals surface area (Å²) in [6.07, 6.45) is 48.7. The first-order chi connectivity index (χ1) is 33.5. The second-order valence-corrected chi connectivity index (χ2v) is 19.8. The molecule has 0 aliphatic rings. The Kier molecular flexibility index (Phi) is 45.9. The standard InChI is InChI=1S/C59H106N2O8/c1-8-12-15-18-21-23-25-27-29-31-33-35-37-40-43-46-55(62)66-50-53(51-67-56(63)47-44-41-38-36-34-32-30-28-26-24-22-19-16-13-9-2)52-68-57(64)59(5,6)54(45-42-39-20-17-14-10-3)69-58(65)60-48-49-61(7)11-4/h21-24,27-30,53-54H,8-20,25-26,31-52H2,1-7H3,(H,60,65)/b23-21-,24-22-,29-27-,30-28-. The third-order valence-electron chi connectivity index (χ3n) is 12.8. The number of carbonyl (C=O) groups is 4. The highest BCUT2D eigenvalue weighted by Crippen LogP contribution is 2.30. The lowest BCUT2D eigenvalue weighted by molar-refractivity contribution is -0.164. The molecule has 400 valence electrons. The summed E-state index contributed by atoms with van der Waals surface area (Å²) in [7, 11) is 1.99. The number of nitrogens with zero attached hydrogens (tertiary/aromatic N) is 1. The molecular formula is C59H106N2O8. The second kappa shape index (κ2) is 48.2. The lowest BCUT2D eigenvalue weighted by Gasteiger charge is -2.32. The van der Waals surface area contributed by atoms with Gasteiger partial charge < -0.3 is 29.2 Å². The summed E-state index contributed by atoms with van der Waals surface area (Å²) in [6.45, 7) is 14.0. The molecule has 0 saturated heterocycles. The number of rotatable bonds is 48. The van der Waals surface area contributed by atoms with Gasteiger partial charge in [0.2, 0.25) is 0 Å². The smallest absolute Gasteiger partial charge is 0.407 e. The summed E-state index contributed by atoms with van der Waals surface area (Å²) in [5, 5.41) is 2.84. The molecule has 10 heteroatoms. The zero-order valence-corrected chi connectivity index (χ0v) is 45.6. The van der Waals surface area contributed by atoms with E-state index in [-0.39, 0.29) is 31.8 Å². The van der Waals surface area contributed by atoms with Gasteiger partial charge in [-0.1, -0.05) is 173 Å². The molecule has 0 heterocycles. The number of ether oxygens (including phenoxy) is 4. The molecule has 0 aromatic rings. The van der Waals surface area contributed by atoms with Crippen LogP contribution in [0, 0.1) is 11.3 Å². The van der Waals surface area contributed by atoms with E-state index in [1.54, 1.807) is 13.8 Å². The lowest BCUT2D eigenvalue weighted by Crippen LogP contribution is -2.44. The molecule has 0 aliphatic carbocycles. The molecule has 1 unspecified atom stereocenters. The predicted molar refractivity (Wildman–Crippen MR) is 288 cm³/mol. The Labute approximate surface area is 424 Å². The number of amides is 1. The Hall–Kier alpha value is -3.40. The van der Waals surface area contributed by atoms with Gasteiger partial charge in [-0.05, 0) is 117 Å². The van der Waals surface area contributed by atoms with Crippen LogP contribution < -0.4 is 5.32 Å². The first kappa shape index (κ1) is 65.6. The zero-order chi connectivity index (χ0) is 50.9. The molecule has 0 aromatic heterocycles. The number of hydrogen-bond donors (Lipinski definition) is 1. The Balaban J connectivity index is 5.21. The fraction of sp³-hybridized carbons (Fsp3) is 0.797. The molecule has 0 fully saturated rings. The number of nitrogens with one attached hydrogen (secondary N) is 1. The van der Waals surface area contributed by atoms with E-state index in [1.807, 2.05) is 7.05 Å². The van der Waals surface area contributed by atoms with E-state index in [2.05, 4.69) is 86.5 Å². The van der Waals surface area contributed by atoms with E-state index < -0.39 is 29.5 Å². The van der Waals surface area contributed by atoms with E-state index in [1.165, 1.54) is 57.8 Å². The van der Waals surface area contributed by atoms with Crippen molar-refractivity contribution in [2.75, 3.05) is 46.5 Å². The van der Waals surface area contributed by atoms with Gasteiger partial charge in [0.1, 0.15) is 25.9 Å². The van der Waals surface area contributed by atoms with Crippen molar-refractivity contribution in [2.45, 2.75) is 247 Å². The van der Waals surface area contributed by atoms with Crippen molar-refractivity contribution in [1.29, 1.82) is 0 Å². The van der Waals surface area contributed by atoms with Crippen LogP contribution in [-0.4, -0.2) is 81.5 Å². The van der Waals surface area contributed by atoms with Gasteiger partial charge in [0.15, 0.2) is 0 Å². The van der Waals surface area contributed by atoms with Crippen LogP contribution in [0.25, 0.3) is 0 Å². The van der Waals surface area contributed by atoms with Crippen molar-refractivity contribution in [3.05, 3.63) is 48.6 Å². The minimum atomic E-state index is -1.15. The predicted octanol–water partition coefficient (Wildman–Crippen LogP) is 15.7. The van der Waals surface area contributed by atoms with Crippen LogP contribution in [0.1, 0.15) is 241 Å². The molecule has 1 amide bonds. The van der Waals surface area contributed by atoms with Crippen molar-refractivity contribution in [1.82, 2.24) is 10.2 Å². The van der Waals surface area contributed by atoms with Gasteiger partial charge in [-0.25, -0.2) is 4.79 Å². The normalized spacial score (nSPS) is 12.6. The first-order valence-electron chi connectivity index (χ1n) is 28.2. The summed E-state index contributed by atoms with van der Waals surface area (Å²) in [4.78, 5) is 54.7. The lowest BCUT2D eigenvalue weighted by atomic mass is 9.83. The number of allylic oxidation sites excluding steroid dienone is 8. The molecule has 69 heavy (non-hydrogen) atoms.